The summed E-state index contributed by atoms with van der Waals surface area (Å²) in [7, 11) is 0. The molecule has 0 aromatic carbocycles. The molecule has 0 aromatic heterocycles. The van der Waals surface area contributed by atoms with Crippen molar-refractivity contribution in [2.45, 2.75) is 66.5 Å². The minimum absolute atomic E-state index is 0.139. The molecule has 0 saturated heterocycles. The van der Waals surface area contributed by atoms with E-state index in [1.807, 2.05) is 13.8 Å². The van der Waals surface area contributed by atoms with E-state index in [1.54, 1.807) is 4.31 Å². The lowest BCUT2D eigenvalue weighted by Gasteiger charge is -2.36. The second-order valence-electron chi connectivity index (χ2n) is 4.84. The summed E-state index contributed by atoms with van der Waals surface area (Å²) in [6, 6.07) is 0.277. The molecule has 0 amide bonds. The van der Waals surface area contributed by atoms with Crippen LogP contribution in [0.15, 0.2) is 0 Å². The summed E-state index contributed by atoms with van der Waals surface area (Å²) < 4.78 is 22.6. The molecule has 0 spiro atoms. The molecule has 0 fully saturated rings. The van der Waals surface area contributed by atoms with Crippen molar-refractivity contribution in [2.75, 3.05) is 0 Å². The Balaban J connectivity index is 4.79. The molecular weight excluding hydrogens is 222 g/mol. The monoisotopic (exact) mass is 249 g/mol. The molecule has 3 nitrogen and oxygen atoms in total. The number of hydrogen-bond acceptors (Lipinski definition) is 1. The maximum atomic E-state index is 11.5. The molecule has 98 valence electrons. The van der Waals surface area contributed by atoms with Gasteiger partial charge in [-0.2, -0.15) is 4.31 Å². The van der Waals surface area contributed by atoms with Gasteiger partial charge in [-0.25, -0.2) is 4.21 Å². The average molecular weight is 249 g/mol. The Morgan fingerprint density at radius 1 is 1.00 bits per heavy atom. The Bertz CT molecular complexity index is 207. The highest BCUT2D eigenvalue weighted by Crippen LogP contribution is 2.23. The Morgan fingerprint density at radius 2 is 1.31 bits per heavy atom. The van der Waals surface area contributed by atoms with Gasteiger partial charge in [-0.3, -0.25) is 4.55 Å². The van der Waals surface area contributed by atoms with Crippen molar-refractivity contribution in [1.82, 2.24) is 4.31 Å². The highest BCUT2D eigenvalue weighted by molar-refractivity contribution is 7.76. The van der Waals surface area contributed by atoms with E-state index in [0.717, 1.165) is 12.8 Å². The molecule has 5 atom stereocenters. The minimum Gasteiger partial charge on any atom is -0.294 e. The van der Waals surface area contributed by atoms with Gasteiger partial charge in [0.15, 0.2) is 0 Å². The van der Waals surface area contributed by atoms with Crippen molar-refractivity contribution in [3.63, 3.8) is 0 Å². The predicted molar refractivity (Wildman–Crippen MR) is 70.4 cm³/mol. The Morgan fingerprint density at radius 3 is 1.50 bits per heavy atom. The Labute approximate surface area is 103 Å². The van der Waals surface area contributed by atoms with Crippen LogP contribution in [0.2, 0.25) is 0 Å². The maximum absolute atomic E-state index is 11.5. The fourth-order valence-corrected chi connectivity index (χ4v) is 2.82. The first-order valence-electron chi connectivity index (χ1n) is 6.25. The highest BCUT2D eigenvalue weighted by atomic mass is 32.2. The maximum Gasteiger partial charge on any atom is 0.235 e. The molecule has 0 aliphatic rings. The Kier molecular flexibility index (Phi) is 7.44. The molecule has 0 aliphatic carbocycles. The first-order valence-corrected chi connectivity index (χ1v) is 7.32. The molecule has 0 aliphatic heterocycles. The van der Waals surface area contributed by atoms with Crippen LogP contribution < -0.4 is 0 Å². The van der Waals surface area contributed by atoms with Gasteiger partial charge in [0.25, 0.3) is 0 Å². The second kappa shape index (κ2) is 7.41. The van der Waals surface area contributed by atoms with Crippen molar-refractivity contribution < 1.29 is 8.76 Å². The van der Waals surface area contributed by atoms with Gasteiger partial charge in [0.1, 0.15) is 0 Å². The third kappa shape index (κ3) is 4.15. The van der Waals surface area contributed by atoms with E-state index in [9.17, 15) is 8.76 Å². The van der Waals surface area contributed by atoms with E-state index in [2.05, 4.69) is 27.7 Å². The molecule has 0 aromatic rings. The van der Waals surface area contributed by atoms with Gasteiger partial charge in [-0.05, 0) is 25.7 Å². The molecule has 0 rings (SSSR count). The van der Waals surface area contributed by atoms with Crippen LogP contribution >= 0.6 is 0 Å². The van der Waals surface area contributed by atoms with Crippen LogP contribution in [-0.2, 0) is 11.3 Å². The molecule has 4 heteroatoms. The van der Waals surface area contributed by atoms with Crippen LogP contribution in [0.5, 0.6) is 0 Å². The van der Waals surface area contributed by atoms with Crippen molar-refractivity contribution in [2.24, 2.45) is 11.8 Å². The number of hydrogen-bond donors (Lipinski definition) is 1. The molecule has 0 heterocycles. The summed E-state index contributed by atoms with van der Waals surface area (Å²) >= 11 is -1.87. The zero-order valence-corrected chi connectivity index (χ0v) is 12.3. The molecule has 0 radical (unpaired) electrons. The minimum atomic E-state index is -1.87. The molecular formula is C12H27NO2S. The molecule has 16 heavy (non-hydrogen) atoms. The van der Waals surface area contributed by atoms with E-state index in [-0.39, 0.29) is 12.1 Å². The lowest BCUT2D eigenvalue weighted by atomic mass is 9.96. The van der Waals surface area contributed by atoms with Gasteiger partial charge < -0.3 is 0 Å². The molecule has 0 bridgehead atoms. The van der Waals surface area contributed by atoms with Crippen molar-refractivity contribution in [3.8, 4) is 0 Å². The zero-order valence-electron chi connectivity index (χ0n) is 11.4. The van der Waals surface area contributed by atoms with Crippen molar-refractivity contribution in [1.29, 1.82) is 0 Å². The largest absolute Gasteiger partial charge is 0.294 e. The van der Waals surface area contributed by atoms with Crippen molar-refractivity contribution >= 4 is 11.3 Å². The fraction of sp³-hybridized carbons (Fsp3) is 1.00. The van der Waals surface area contributed by atoms with Gasteiger partial charge >= 0.3 is 0 Å². The van der Waals surface area contributed by atoms with E-state index in [1.165, 1.54) is 0 Å². The van der Waals surface area contributed by atoms with E-state index < -0.39 is 11.3 Å². The first-order chi connectivity index (χ1) is 7.36. The van der Waals surface area contributed by atoms with E-state index >= 15 is 0 Å². The fourth-order valence-electron chi connectivity index (χ4n) is 1.84. The smallest absolute Gasteiger partial charge is 0.235 e. The predicted octanol–water partition coefficient (Wildman–Crippen LogP) is 3.29. The third-order valence-corrected chi connectivity index (χ3v) is 4.94. The highest BCUT2D eigenvalue weighted by Gasteiger charge is 2.30. The Hall–Kier alpha value is 0.0700. The second-order valence-corrected chi connectivity index (χ2v) is 5.73. The van der Waals surface area contributed by atoms with Crippen molar-refractivity contribution in [3.05, 3.63) is 0 Å². The normalized spacial score (nSPS) is 21.5. The zero-order chi connectivity index (χ0) is 12.9. The van der Waals surface area contributed by atoms with Gasteiger partial charge in [-0.1, -0.05) is 40.5 Å². The van der Waals surface area contributed by atoms with Crippen LogP contribution in [0.4, 0.5) is 0 Å². The summed E-state index contributed by atoms with van der Waals surface area (Å²) in [6.45, 7) is 12.6. The molecule has 1 N–H and O–H groups in total. The van der Waals surface area contributed by atoms with Crippen LogP contribution in [-0.4, -0.2) is 25.2 Å². The standard InChI is InChI=1S/C12H27NO2S/c1-7-9(3)11(5)13(16(14)15)12(6)10(4)8-2/h9-12H,7-8H2,1-6H3,(H,14,15). The lowest BCUT2D eigenvalue weighted by Crippen LogP contribution is -2.46. The summed E-state index contributed by atoms with van der Waals surface area (Å²) in [6.07, 6.45) is 2.06. The number of rotatable bonds is 7. The summed E-state index contributed by atoms with van der Waals surface area (Å²) in [5, 5.41) is 0. The van der Waals surface area contributed by atoms with E-state index in [0.29, 0.717) is 11.8 Å². The number of nitrogens with zero attached hydrogens (tertiary/aromatic N) is 1. The van der Waals surface area contributed by atoms with Gasteiger partial charge in [0.05, 0.1) is 0 Å². The summed E-state index contributed by atoms with van der Waals surface area (Å²) in [5.41, 5.74) is 0. The topological polar surface area (TPSA) is 40.5 Å². The van der Waals surface area contributed by atoms with Gasteiger partial charge in [-0.15, -0.1) is 0 Å². The SMILES string of the molecule is CCC(C)C(C)N(C(C)C(C)CC)S(=O)O. The molecule has 0 saturated carbocycles. The van der Waals surface area contributed by atoms with Crippen LogP contribution in [0.3, 0.4) is 0 Å². The third-order valence-electron chi connectivity index (χ3n) is 3.92. The summed E-state index contributed by atoms with van der Waals surface area (Å²) in [5.74, 6) is 0.866. The van der Waals surface area contributed by atoms with Crippen LogP contribution in [0.1, 0.15) is 54.4 Å². The lowest BCUT2D eigenvalue weighted by molar-refractivity contribution is 0.172. The average Bonchev–Trinajstić information content (AvgIpc) is 2.26. The van der Waals surface area contributed by atoms with E-state index in [4.69, 9.17) is 0 Å². The van der Waals surface area contributed by atoms with Crippen LogP contribution in [0.25, 0.3) is 0 Å². The first kappa shape index (κ1) is 16.1. The molecule has 5 unspecified atom stereocenters. The summed E-state index contributed by atoms with van der Waals surface area (Å²) in [4.78, 5) is 0. The van der Waals surface area contributed by atoms with Crippen LogP contribution in [0, 0.1) is 11.8 Å². The van der Waals surface area contributed by atoms with Gasteiger partial charge in [0.2, 0.25) is 11.3 Å². The van der Waals surface area contributed by atoms with Gasteiger partial charge in [0, 0.05) is 12.1 Å². The quantitative estimate of drug-likeness (QED) is 0.703.